The fourth-order valence-electron chi connectivity index (χ4n) is 2.83. The number of nitrogens with zero attached hydrogens (tertiary/aromatic N) is 3. The Bertz CT molecular complexity index is 511. The van der Waals surface area contributed by atoms with E-state index in [1.165, 1.54) is 23.9 Å². The summed E-state index contributed by atoms with van der Waals surface area (Å²) in [5, 5.41) is 8.05. The van der Waals surface area contributed by atoms with Gasteiger partial charge in [0.1, 0.15) is 5.02 Å². The first kappa shape index (κ1) is 16.3. The van der Waals surface area contributed by atoms with Crippen molar-refractivity contribution in [2.24, 2.45) is 0 Å². The van der Waals surface area contributed by atoms with Gasteiger partial charge in [0.2, 0.25) is 0 Å². The summed E-state index contributed by atoms with van der Waals surface area (Å²) >= 11 is 6.29. The highest BCUT2D eigenvalue weighted by molar-refractivity contribution is 6.33. The molecule has 2 rings (SSSR count). The maximum atomic E-state index is 12.1. The predicted octanol–water partition coefficient (Wildman–Crippen LogP) is 2.28. The van der Waals surface area contributed by atoms with Crippen molar-refractivity contribution in [1.29, 1.82) is 0 Å². The molecule has 0 bridgehead atoms. The van der Waals surface area contributed by atoms with Gasteiger partial charge in [-0.2, -0.15) is 5.10 Å². The largest absolute Gasteiger partial charge is 0.367 e. The molecule has 2 heterocycles. The smallest absolute Gasteiger partial charge is 0.287 e. The summed E-state index contributed by atoms with van der Waals surface area (Å²) in [7, 11) is 0. The molecule has 1 N–H and O–H groups in total. The third-order valence-corrected chi connectivity index (χ3v) is 4.31. The molecule has 21 heavy (non-hydrogen) atoms. The minimum atomic E-state index is -0.200. The molecule has 1 aromatic rings. The topological polar surface area (TPSA) is 50.2 Å². The standard InChI is InChI=1S/C15H25ClN4O/c1-3-9-19(11-12-7-5-6-8-17-12)13-10-18-20(4-2)15(21)14(13)16/h10,12,17H,3-9,11H2,1-2H3. The van der Waals surface area contributed by atoms with E-state index in [2.05, 4.69) is 22.2 Å². The third kappa shape index (κ3) is 3.98. The zero-order valence-corrected chi connectivity index (χ0v) is 13.7. The first-order valence-electron chi connectivity index (χ1n) is 7.91. The average Bonchev–Trinajstić information content (AvgIpc) is 2.51. The van der Waals surface area contributed by atoms with Crippen molar-refractivity contribution in [3.05, 3.63) is 21.6 Å². The van der Waals surface area contributed by atoms with Crippen LogP contribution in [0, 0.1) is 0 Å². The van der Waals surface area contributed by atoms with Gasteiger partial charge in [-0.05, 0) is 32.7 Å². The third-order valence-electron chi connectivity index (χ3n) is 3.95. The molecule has 1 fully saturated rings. The fraction of sp³-hybridized carbons (Fsp3) is 0.733. The average molecular weight is 313 g/mol. The van der Waals surface area contributed by atoms with Crippen LogP contribution in [0.3, 0.4) is 0 Å². The zero-order chi connectivity index (χ0) is 15.2. The van der Waals surface area contributed by atoms with E-state index in [0.717, 1.165) is 31.7 Å². The summed E-state index contributed by atoms with van der Waals surface area (Å²) in [6.45, 7) is 7.40. The van der Waals surface area contributed by atoms with Crippen molar-refractivity contribution >= 4 is 17.3 Å². The van der Waals surface area contributed by atoms with Crippen LogP contribution in [0.1, 0.15) is 39.5 Å². The summed E-state index contributed by atoms with van der Waals surface area (Å²) in [5.74, 6) is 0. The van der Waals surface area contributed by atoms with E-state index in [4.69, 9.17) is 11.6 Å². The van der Waals surface area contributed by atoms with Crippen LogP contribution in [0.2, 0.25) is 5.02 Å². The molecule has 1 aliphatic rings. The van der Waals surface area contributed by atoms with Crippen LogP contribution in [-0.4, -0.2) is 35.5 Å². The SMILES string of the molecule is CCCN(CC1CCCCN1)c1cnn(CC)c(=O)c1Cl. The summed E-state index contributed by atoms with van der Waals surface area (Å²) in [4.78, 5) is 14.3. The molecule has 1 aromatic heterocycles. The minimum absolute atomic E-state index is 0.200. The number of aromatic nitrogens is 2. The second-order valence-corrected chi connectivity index (χ2v) is 5.94. The van der Waals surface area contributed by atoms with Crippen molar-refractivity contribution < 1.29 is 0 Å². The molecule has 1 aliphatic heterocycles. The summed E-state index contributed by atoms with van der Waals surface area (Å²) in [5.41, 5.74) is 0.565. The number of hydrogen-bond acceptors (Lipinski definition) is 4. The summed E-state index contributed by atoms with van der Waals surface area (Å²) < 4.78 is 1.40. The van der Waals surface area contributed by atoms with Crippen molar-refractivity contribution in [3.8, 4) is 0 Å². The molecule has 5 nitrogen and oxygen atoms in total. The van der Waals surface area contributed by atoms with E-state index >= 15 is 0 Å². The highest BCUT2D eigenvalue weighted by atomic mass is 35.5. The number of piperidine rings is 1. The van der Waals surface area contributed by atoms with Gasteiger partial charge in [0.15, 0.2) is 0 Å². The van der Waals surface area contributed by atoms with E-state index in [-0.39, 0.29) is 10.6 Å². The first-order chi connectivity index (χ1) is 10.2. The van der Waals surface area contributed by atoms with Gasteiger partial charge in [-0.1, -0.05) is 24.9 Å². The lowest BCUT2D eigenvalue weighted by molar-refractivity contribution is 0.398. The van der Waals surface area contributed by atoms with Crippen LogP contribution >= 0.6 is 11.6 Å². The molecule has 0 radical (unpaired) electrons. The Balaban J connectivity index is 2.21. The van der Waals surface area contributed by atoms with E-state index < -0.39 is 0 Å². The van der Waals surface area contributed by atoms with Gasteiger partial charge in [0, 0.05) is 25.7 Å². The van der Waals surface area contributed by atoms with E-state index in [0.29, 0.717) is 12.6 Å². The molecule has 1 atom stereocenters. The predicted molar refractivity (Wildman–Crippen MR) is 87.3 cm³/mol. The molecule has 118 valence electrons. The number of hydrogen-bond donors (Lipinski definition) is 1. The van der Waals surface area contributed by atoms with Crippen molar-refractivity contribution in [2.75, 3.05) is 24.5 Å². The first-order valence-corrected chi connectivity index (χ1v) is 8.29. The number of halogens is 1. The van der Waals surface area contributed by atoms with E-state index in [1.54, 1.807) is 6.20 Å². The zero-order valence-electron chi connectivity index (χ0n) is 12.9. The van der Waals surface area contributed by atoms with Crippen molar-refractivity contribution in [1.82, 2.24) is 15.1 Å². The van der Waals surface area contributed by atoms with E-state index in [1.807, 2.05) is 6.92 Å². The normalized spacial score (nSPS) is 18.7. The molecule has 0 amide bonds. The van der Waals surface area contributed by atoms with Gasteiger partial charge in [0.25, 0.3) is 5.56 Å². The highest BCUT2D eigenvalue weighted by Gasteiger charge is 2.20. The van der Waals surface area contributed by atoms with Crippen LogP contribution in [0.15, 0.2) is 11.0 Å². The Labute approximate surface area is 131 Å². The van der Waals surface area contributed by atoms with Gasteiger partial charge < -0.3 is 10.2 Å². The van der Waals surface area contributed by atoms with E-state index in [9.17, 15) is 4.79 Å². The maximum Gasteiger partial charge on any atom is 0.287 e. The highest BCUT2D eigenvalue weighted by Crippen LogP contribution is 2.22. The quantitative estimate of drug-likeness (QED) is 0.875. The Morgan fingerprint density at radius 3 is 2.90 bits per heavy atom. The molecule has 1 saturated heterocycles. The molecule has 0 aromatic carbocycles. The van der Waals surface area contributed by atoms with Crippen LogP contribution in [0.5, 0.6) is 0 Å². The van der Waals surface area contributed by atoms with Gasteiger partial charge in [-0.15, -0.1) is 0 Å². The number of nitrogens with one attached hydrogen (secondary N) is 1. The molecule has 1 unspecified atom stereocenters. The van der Waals surface area contributed by atoms with Crippen molar-refractivity contribution in [3.63, 3.8) is 0 Å². The van der Waals surface area contributed by atoms with Crippen molar-refractivity contribution in [2.45, 2.75) is 52.1 Å². The van der Waals surface area contributed by atoms with Crippen LogP contribution in [0.25, 0.3) is 0 Å². The minimum Gasteiger partial charge on any atom is -0.367 e. The second kappa shape index (κ2) is 7.80. The maximum absolute atomic E-state index is 12.1. The Hall–Kier alpha value is -1.07. The number of aryl methyl sites for hydroxylation is 1. The monoisotopic (exact) mass is 312 g/mol. The Morgan fingerprint density at radius 1 is 1.48 bits per heavy atom. The van der Waals surface area contributed by atoms with Crippen LogP contribution < -0.4 is 15.8 Å². The summed E-state index contributed by atoms with van der Waals surface area (Å²) in [6, 6.07) is 0.468. The van der Waals surface area contributed by atoms with Gasteiger partial charge in [-0.25, -0.2) is 4.68 Å². The lowest BCUT2D eigenvalue weighted by Crippen LogP contribution is -2.44. The molecule has 0 saturated carbocycles. The fourth-order valence-corrected chi connectivity index (χ4v) is 3.09. The molecular weight excluding hydrogens is 288 g/mol. The number of rotatable bonds is 6. The lowest BCUT2D eigenvalue weighted by Gasteiger charge is -2.32. The molecule has 0 spiro atoms. The molecule has 6 heteroatoms. The lowest BCUT2D eigenvalue weighted by atomic mass is 10.0. The van der Waals surface area contributed by atoms with Gasteiger partial charge >= 0.3 is 0 Å². The molecule has 0 aliphatic carbocycles. The number of anilines is 1. The van der Waals surface area contributed by atoms with Crippen LogP contribution in [-0.2, 0) is 6.54 Å². The Kier molecular flexibility index (Phi) is 6.06. The Morgan fingerprint density at radius 2 is 2.29 bits per heavy atom. The van der Waals surface area contributed by atoms with Gasteiger partial charge in [-0.3, -0.25) is 4.79 Å². The summed E-state index contributed by atoms with van der Waals surface area (Å²) in [6.07, 6.45) is 6.43. The van der Waals surface area contributed by atoms with Gasteiger partial charge in [0.05, 0.1) is 11.9 Å². The second-order valence-electron chi connectivity index (χ2n) is 5.56. The van der Waals surface area contributed by atoms with Crippen LogP contribution in [0.4, 0.5) is 5.69 Å². The molecular formula is C15H25ClN4O.